The number of hydrogen-bond donors (Lipinski definition) is 1. The molecule has 0 aliphatic carbocycles. The van der Waals surface area contributed by atoms with Crippen molar-refractivity contribution < 1.29 is 9.59 Å². The van der Waals surface area contributed by atoms with E-state index in [1.165, 1.54) is 0 Å². The Morgan fingerprint density at radius 2 is 1.68 bits per heavy atom. The highest BCUT2D eigenvalue weighted by atomic mass is 16.2. The summed E-state index contributed by atoms with van der Waals surface area (Å²) in [5.74, 6) is -0.519. The van der Waals surface area contributed by atoms with Crippen LogP contribution in [0.4, 0.5) is 11.4 Å². The Bertz CT molecular complexity index is 1030. The summed E-state index contributed by atoms with van der Waals surface area (Å²) in [7, 11) is 0. The van der Waals surface area contributed by atoms with Crippen molar-refractivity contribution in [3.8, 4) is 0 Å². The first-order valence-electron chi connectivity index (χ1n) is 9.37. The SMILES string of the molecule is Cc1ccc(NC(=O)c2cccc(C(=O)N3CCCc4ccccc43)n2)cc1. The van der Waals surface area contributed by atoms with Crippen LogP contribution in [0.3, 0.4) is 0 Å². The van der Waals surface area contributed by atoms with Crippen molar-refractivity contribution in [1.29, 1.82) is 0 Å². The minimum Gasteiger partial charge on any atom is -0.321 e. The zero-order valence-electron chi connectivity index (χ0n) is 15.7. The Morgan fingerprint density at radius 3 is 2.50 bits per heavy atom. The summed E-state index contributed by atoms with van der Waals surface area (Å²) in [6, 6.07) is 20.4. The second-order valence-electron chi connectivity index (χ2n) is 6.92. The number of pyridine rings is 1. The predicted octanol–water partition coefficient (Wildman–Crippen LogP) is 4.24. The smallest absolute Gasteiger partial charge is 0.276 e. The Morgan fingerprint density at radius 1 is 0.929 bits per heavy atom. The number of benzene rings is 2. The lowest BCUT2D eigenvalue weighted by atomic mass is 10.0. The normalized spacial score (nSPS) is 13.0. The van der Waals surface area contributed by atoms with Crippen LogP contribution in [0.1, 0.15) is 38.5 Å². The van der Waals surface area contributed by atoms with E-state index < -0.39 is 0 Å². The molecule has 2 amide bonds. The molecule has 2 heterocycles. The van der Waals surface area contributed by atoms with Crippen molar-refractivity contribution in [3.63, 3.8) is 0 Å². The average molecular weight is 371 g/mol. The topological polar surface area (TPSA) is 62.3 Å². The van der Waals surface area contributed by atoms with Crippen molar-refractivity contribution in [2.45, 2.75) is 19.8 Å². The molecule has 0 radical (unpaired) electrons. The van der Waals surface area contributed by atoms with E-state index in [0.717, 1.165) is 29.7 Å². The fraction of sp³-hybridized carbons (Fsp3) is 0.174. The minimum absolute atomic E-state index is 0.183. The molecule has 28 heavy (non-hydrogen) atoms. The fourth-order valence-electron chi connectivity index (χ4n) is 3.40. The first-order valence-corrected chi connectivity index (χ1v) is 9.37. The fourth-order valence-corrected chi connectivity index (χ4v) is 3.40. The number of anilines is 2. The second-order valence-corrected chi connectivity index (χ2v) is 6.92. The third-order valence-electron chi connectivity index (χ3n) is 4.87. The van der Waals surface area contributed by atoms with Crippen LogP contribution in [0.2, 0.25) is 0 Å². The van der Waals surface area contributed by atoms with Gasteiger partial charge in [0.2, 0.25) is 0 Å². The second kappa shape index (κ2) is 7.64. The van der Waals surface area contributed by atoms with E-state index >= 15 is 0 Å². The molecule has 1 aliphatic heterocycles. The van der Waals surface area contributed by atoms with Gasteiger partial charge in [0.15, 0.2) is 0 Å². The summed E-state index contributed by atoms with van der Waals surface area (Å²) in [6.07, 6.45) is 1.88. The van der Waals surface area contributed by atoms with Gasteiger partial charge in [0.05, 0.1) is 0 Å². The van der Waals surface area contributed by atoms with Crippen molar-refractivity contribution in [2.24, 2.45) is 0 Å². The number of nitrogens with one attached hydrogen (secondary N) is 1. The van der Waals surface area contributed by atoms with Gasteiger partial charge in [-0.1, -0.05) is 42.0 Å². The lowest BCUT2D eigenvalue weighted by Crippen LogP contribution is -2.36. The summed E-state index contributed by atoms with van der Waals surface area (Å²) in [6.45, 7) is 2.64. The van der Waals surface area contributed by atoms with Gasteiger partial charge in [-0.15, -0.1) is 0 Å². The molecule has 0 fully saturated rings. The first kappa shape index (κ1) is 17.9. The standard InChI is InChI=1S/C23H21N3O2/c1-16-11-13-18(14-12-16)24-22(27)19-8-4-9-20(25-19)23(28)26-15-5-7-17-6-2-3-10-21(17)26/h2-4,6,8-14H,5,7,15H2,1H3,(H,24,27). The highest BCUT2D eigenvalue weighted by Crippen LogP contribution is 2.27. The van der Waals surface area contributed by atoms with Crippen LogP contribution in [0.5, 0.6) is 0 Å². The van der Waals surface area contributed by atoms with Gasteiger partial charge < -0.3 is 10.2 Å². The number of fused-ring (bicyclic) bond motifs is 1. The number of carbonyl (C=O) groups is 2. The van der Waals surface area contributed by atoms with E-state index in [4.69, 9.17) is 0 Å². The van der Waals surface area contributed by atoms with Gasteiger partial charge in [-0.05, 0) is 55.7 Å². The quantitative estimate of drug-likeness (QED) is 0.749. The highest BCUT2D eigenvalue weighted by Gasteiger charge is 2.24. The Labute approximate surface area is 164 Å². The molecular formula is C23H21N3O2. The summed E-state index contributed by atoms with van der Waals surface area (Å²) in [4.78, 5) is 31.7. The molecule has 4 rings (SSSR count). The van der Waals surface area contributed by atoms with E-state index in [0.29, 0.717) is 12.2 Å². The number of hydrogen-bond acceptors (Lipinski definition) is 3. The minimum atomic E-state index is -0.336. The number of aryl methyl sites for hydroxylation is 2. The van der Waals surface area contributed by atoms with Crippen LogP contribution in [0.25, 0.3) is 0 Å². The van der Waals surface area contributed by atoms with Crippen LogP contribution in [-0.4, -0.2) is 23.3 Å². The van der Waals surface area contributed by atoms with Gasteiger partial charge in [0, 0.05) is 17.9 Å². The number of amides is 2. The number of carbonyl (C=O) groups excluding carboxylic acids is 2. The molecule has 3 aromatic rings. The highest BCUT2D eigenvalue weighted by molar-refractivity contribution is 6.07. The molecule has 5 nitrogen and oxygen atoms in total. The van der Waals surface area contributed by atoms with Gasteiger partial charge >= 0.3 is 0 Å². The van der Waals surface area contributed by atoms with Gasteiger partial charge in [0.25, 0.3) is 11.8 Å². The molecule has 1 N–H and O–H groups in total. The molecule has 5 heteroatoms. The van der Waals surface area contributed by atoms with E-state index in [9.17, 15) is 9.59 Å². The number of aromatic nitrogens is 1. The Hall–Kier alpha value is -3.47. The largest absolute Gasteiger partial charge is 0.321 e. The summed E-state index contributed by atoms with van der Waals surface area (Å²) in [5.41, 5.74) is 4.39. The third-order valence-corrected chi connectivity index (χ3v) is 4.87. The van der Waals surface area contributed by atoms with E-state index in [1.54, 1.807) is 23.1 Å². The number of nitrogens with zero attached hydrogens (tertiary/aromatic N) is 2. The zero-order chi connectivity index (χ0) is 19.5. The van der Waals surface area contributed by atoms with Gasteiger partial charge in [-0.25, -0.2) is 4.98 Å². The first-order chi connectivity index (χ1) is 13.6. The maximum Gasteiger partial charge on any atom is 0.276 e. The Kier molecular flexibility index (Phi) is 4.89. The van der Waals surface area contributed by atoms with E-state index in [2.05, 4.69) is 10.3 Å². The molecule has 0 saturated carbocycles. The van der Waals surface area contributed by atoms with Gasteiger partial charge in [0.1, 0.15) is 11.4 Å². The molecular weight excluding hydrogens is 350 g/mol. The molecule has 0 spiro atoms. The van der Waals surface area contributed by atoms with Crippen molar-refractivity contribution in [2.75, 3.05) is 16.8 Å². The predicted molar refractivity (Wildman–Crippen MR) is 110 cm³/mol. The maximum absolute atomic E-state index is 13.1. The number of para-hydroxylation sites is 1. The van der Waals surface area contributed by atoms with Crippen LogP contribution >= 0.6 is 0 Å². The van der Waals surface area contributed by atoms with Crippen LogP contribution in [0, 0.1) is 6.92 Å². The summed E-state index contributed by atoms with van der Waals surface area (Å²) < 4.78 is 0. The van der Waals surface area contributed by atoms with Crippen LogP contribution < -0.4 is 10.2 Å². The monoisotopic (exact) mass is 371 g/mol. The van der Waals surface area contributed by atoms with Gasteiger partial charge in [-0.3, -0.25) is 9.59 Å². The van der Waals surface area contributed by atoms with Crippen molar-refractivity contribution in [1.82, 2.24) is 4.98 Å². The van der Waals surface area contributed by atoms with Gasteiger partial charge in [-0.2, -0.15) is 0 Å². The zero-order valence-corrected chi connectivity index (χ0v) is 15.7. The Balaban J connectivity index is 1.56. The average Bonchev–Trinajstić information content (AvgIpc) is 2.74. The molecule has 2 aromatic carbocycles. The van der Waals surface area contributed by atoms with Crippen molar-refractivity contribution >= 4 is 23.2 Å². The summed E-state index contributed by atoms with van der Waals surface area (Å²) >= 11 is 0. The molecule has 0 atom stereocenters. The van der Waals surface area contributed by atoms with E-state index in [1.807, 2.05) is 55.5 Å². The third kappa shape index (κ3) is 3.64. The van der Waals surface area contributed by atoms with Crippen LogP contribution in [-0.2, 0) is 6.42 Å². The van der Waals surface area contributed by atoms with Crippen molar-refractivity contribution in [3.05, 3.63) is 89.2 Å². The lowest BCUT2D eigenvalue weighted by Gasteiger charge is -2.29. The maximum atomic E-state index is 13.1. The molecule has 0 unspecified atom stereocenters. The number of rotatable bonds is 3. The molecule has 0 bridgehead atoms. The lowest BCUT2D eigenvalue weighted by molar-refractivity contribution is 0.0980. The molecule has 0 saturated heterocycles. The van der Waals surface area contributed by atoms with E-state index in [-0.39, 0.29) is 23.2 Å². The molecule has 1 aliphatic rings. The molecule has 1 aromatic heterocycles. The molecule has 140 valence electrons. The summed E-state index contributed by atoms with van der Waals surface area (Å²) in [5, 5.41) is 2.82. The van der Waals surface area contributed by atoms with Crippen LogP contribution in [0.15, 0.2) is 66.7 Å².